The van der Waals surface area contributed by atoms with Crippen LogP contribution in [0.1, 0.15) is 32.8 Å². The molecule has 16 heavy (non-hydrogen) atoms. The Morgan fingerprint density at radius 3 is 2.69 bits per heavy atom. The molecule has 0 radical (unpaired) electrons. The van der Waals surface area contributed by atoms with Crippen LogP contribution < -0.4 is 4.74 Å². The Morgan fingerprint density at radius 2 is 2.06 bits per heavy atom. The molecular weight excluding hydrogens is 202 g/mol. The van der Waals surface area contributed by atoms with E-state index in [1.54, 1.807) is 6.21 Å². The van der Waals surface area contributed by atoms with E-state index in [0.29, 0.717) is 6.61 Å². The van der Waals surface area contributed by atoms with Crippen LogP contribution in [-0.4, -0.2) is 23.6 Å². The zero-order valence-corrected chi connectivity index (χ0v) is 10.1. The Balaban J connectivity index is 2.95. The van der Waals surface area contributed by atoms with E-state index in [-0.39, 0.29) is 6.04 Å². The largest absolute Gasteiger partial charge is 0.624 e. The minimum Gasteiger partial charge on any atom is -0.624 e. The van der Waals surface area contributed by atoms with E-state index in [1.165, 1.54) is 0 Å². The zero-order chi connectivity index (χ0) is 12.0. The monoisotopic (exact) mass is 221 g/mol. The average molecular weight is 221 g/mol. The second-order valence-electron chi connectivity index (χ2n) is 3.72. The molecule has 0 spiro atoms. The van der Waals surface area contributed by atoms with Gasteiger partial charge in [0.15, 0.2) is 12.3 Å². The second-order valence-corrected chi connectivity index (χ2v) is 3.72. The number of nitrogens with zero attached hydrogens (tertiary/aromatic N) is 1. The summed E-state index contributed by atoms with van der Waals surface area (Å²) in [7, 11) is 0. The van der Waals surface area contributed by atoms with Gasteiger partial charge in [0.25, 0.3) is 0 Å². The maximum absolute atomic E-state index is 11.7. The van der Waals surface area contributed by atoms with Gasteiger partial charge in [0.1, 0.15) is 5.75 Å². The second kappa shape index (κ2) is 6.16. The van der Waals surface area contributed by atoms with Crippen molar-refractivity contribution in [2.24, 2.45) is 0 Å². The van der Waals surface area contributed by atoms with Crippen LogP contribution in [0.15, 0.2) is 24.3 Å². The summed E-state index contributed by atoms with van der Waals surface area (Å²) >= 11 is 0. The quantitative estimate of drug-likeness (QED) is 0.332. The van der Waals surface area contributed by atoms with Gasteiger partial charge in [0.05, 0.1) is 12.2 Å². The van der Waals surface area contributed by atoms with E-state index >= 15 is 0 Å². The Bertz CT molecular complexity index is 361. The Kier molecular flexibility index (Phi) is 4.83. The number of hydroxylamine groups is 1. The average Bonchev–Trinajstić information content (AvgIpc) is 2.31. The summed E-state index contributed by atoms with van der Waals surface area (Å²) < 4.78 is 6.44. The molecule has 0 aliphatic carbocycles. The van der Waals surface area contributed by atoms with Gasteiger partial charge in [-0.15, -0.1) is 0 Å². The highest BCUT2D eigenvalue weighted by Gasteiger charge is 2.08. The van der Waals surface area contributed by atoms with Crippen molar-refractivity contribution < 1.29 is 9.48 Å². The molecule has 0 aromatic heterocycles. The zero-order valence-electron chi connectivity index (χ0n) is 10.1. The molecule has 88 valence electrons. The van der Waals surface area contributed by atoms with Gasteiger partial charge >= 0.3 is 0 Å². The first-order valence-corrected chi connectivity index (χ1v) is 5.71. The third kappa shape index (κ3) is 3.26. The first kappa shape index (κ1) is 12.6. The van der Waals surface area contributed by atoms with E-state index in [1.807, 2.05) is 45.0 Å². The molecule has 0 saturated carbocycles. The Morgan fingerprint density at radius 1 is 1.38 bits per heavy atom. The maximum Gasteiger partial charge on any atom is 0.185 e. The predicted molar refractivity (Wildman–Crippen MR) is 66.2 cm³/mol. The minimum absolute atomic E-state index is 0.00492. The molecule has 0 heterocycles. The van der Waals surface area contributed by atoms with Gasteiger partial charge in [0.2, 0.25) is 0 Å². The summed E-state index contributed by atoms with van der Waals surface area (Å²) in [5, 5.41) is 11.7. The SMILES string of the molecule is CCOc1ccccc1C=[N+]([O-])C(C)CC. The van der Waals surface area contributed by atoms with Gasteiger partial charge in [-0.1, -0.05) is 19.1 Å². The normalized spacial score (nSPS) is 13.6. The molecule has 0 aliphatic heterocycles. The molecule has 1 aromatic carbocycles. The van der Waals surface area contributed by atoms with E-state index in [0.717, 1.165) is 22.5 Å². The summed E-state index contributed by atoms with van der Waals surface area (Å²) in [6.45, 7) is 6.44. The van der Waals surface area contributed by atoms with Gasteiger partial charge in [0, 0.05) is 6.42 Å². The van der Waals surface area contributed by atoms with E-state index < -0.39 is 0 Å². The third-order valence-corrected chi connectivity index (χ3v) is 2.51. The number of benzene rings is 1. The molecular formula is C13H19NO2. The fraction of sp³-hybridized carbons (Fsp3) is 0.462. The third-order valence-electron chi connectivity index (χ3n) is 2.51. The molecule has 1 aromatic rings. The van der Waals surface area contributed by atoms with Crippen LogP contribution in [0, 0.1) is 5.21 Å². The lowest BCUT2D eigenvalue weighted by Crippen LogP contribution is -2.18. The molecule has 1 atom stereocenters. The highest BCUT2D eigenvalue weighted by molar-refractivity contribution is 5.80. The van der Waals surface area contributed by atoms with Crippen molar-refractivity contribution in [3.63, 3.8) is 0 Å². The van der Waals surface area contributed by atoms with Crippen LogP contribution >= 0.6 is 0 Å². The Hall–Kier alpha value is -1.51. The van der Waals surface area contributed by atoms with Crippen LogP contribution in [0.2, 0.25) is 0 Å². The lowest BCUT2D eigenvalue weighted by atomic mass is 10.2. The van der Waals surface area contributed by atoms with Gasteiger partial charge in [-0.2, -0.15) is 0 Å². The van der Waals surface area contributed by atoms with Gasteiger partial charge in [-0.3, -0.25) is 0 Å². The topological polar surface area (TPSA) is 35.3 Å². The lowest BCUT2D eigenvalue weighted by Gasteiger charge is -2.11. The molecule has 0 fully saturated rings. The van der Waals surface area contributed by atoms with Crippen molar-refractivity contribution >= 4 is 6.21 Å². The first-order valence-electron chi connectivity index (χ1n) is 5.71. The maximum atomic E-state index is 11.7. The van der Waals surface area contributed by atoms with E-state index in [4.69, 9.17) is 4.74 Å². The number of para-hydroxylation sites is 1. The molecule has 0 N–H and O–H groups in total. The smallest absolute Gasteiger partial charge is 0.185 e. The summed E-state index contributed by atoms with van der Waals surface area (Å²) in [6.07, 6.45) is 2.43. The van der Waals surface area contributed by atoms with Crippen LogP contribution in [-0.2, 0) is 0 Å². The molecule has 0 amide bonds. The van der Waals surface area contributed by atoms with Crippen molar-refractivity contribution in [1.29, 1.82) is 0 Å². The molecule has 3 heteroatoms. The van der Waals surface area contributed by atoms with Crippen molar-refractivity contribution in [3.8, 4) is 5.75 Å². The fourth-order valence-electron chi connectivity index (χ4n) is 1.32. The summed E-state index contributed by atoms with van der Waals surface area (Å²) in [6, 6.07) is 7.56. The molecule has 3 nitrogen and oxygen atoms in total. The van der Waals surface area contributed by atoms with Crippen molar-refractivity contribution in [3.05, 3.63) is 35.0 Å². The Labute approximate surface area is 97.0 Å². The van der Waals surface area contributed by atoms with Crippen molar-refractivity contribution in [1.82, 2.24) is 0 Å². The molecule has 0 aliphatic rings. The van der Waals surface area contributed by atoms with Gasteiger partial charge < -0.3 is 9.94 Å². The van der Waals surface area contributed by atoms with Crippen LogP contribution in [0.5, 0.6) is 5.75 Å². The summed E-state index contributed by atoms with van der Waals surface area (Å²) in [5.41, 5.74) is 0.833. The molecule has 1 unspecified atom stereocenters. The lowest BCUT2D eigenvalue weighted by molar-refractivity contribution is -0.492. The summed E-state index contributed by atoms with van der Waals surface area (Å²) in [5.74, 6) is 0.758. The minimum atomic E-state index is -0.00492. The van der Waals surface area contributed by atoms with Crippen LogP contribution in [0.25, 0.3) is 0 Å². The number of rotatable bonds is 5. The first-order chi connectivity index (χ1) is 7.69. The summed E-state index contributed by atoms with van der Waals surface area (Å²) in [4.78, 5) is 0. The van der Waals surface area contributed by atoms with Gasteiger partial charge in [-0.25, -0.2) is 4.74 Å². The highest BCUT2D eigenvalue weighted by Crippen LogP contribution is 2.15. The molecule has 1 rings (SSSR count). The fourth-order valence-corrected chi connectivity index (χ4v) is 1.32. The number of hydrogen-bond acceptors (Lipinski definition) is 2. The van der Waals surface area contributed by atoms with E-state index in [2.05, 4.69) is 0 Å². The molecule has 0 saturated heterocycles. The highest BCUT2D eigenvalue weighted by atomic mass is 16.5. The van der Waals surface area contributed by atoms with Gasteiger partial charge in [-0.05, 0) is 26.0 Å². The number of ether oxygens (including phenoxy) is 1. The van der Waals surface area contributed by atoms with E-state index in [9.17, 15) is 5.21 Å². The molecule has 0 bridgehead atoms. The number of hydrogen-bond donors (Lipinski definition) is 0. The van der Waals surface area contributed by atoms with Crippen molar-refractivity contribution in [2.45, 2.75) is 33.2 Å². The predicted octanol–water partition coefficient (Wildman–Crippen LogP) is 2.81. The standard InChI is InChI=1S/C13H19NO2/c1-4-11(3)14(15)10-12-8-6-7-9-13(12)16-5-2/h6-11H,4-5H2,1-3H3. The van der Waals surface area contributed by atoms with Crippen molar-refractivity contribution in [2.75, 3.05) is 6.61 Å². The van der Waals surface area contributed by atoms with Crippen LogP contribution in [0.3, 0.4) is 0 Å². The van der Waals surface area contributed by atoms with Crippen LogP contribution in [0.4, 0.5) is 0 Å².